The Morgan fingerprint density at radius 2 is 1.73 bits per heavy atom. The molecule has 6 nitrogen and oxygen atoms in total. The van der Waals surface area contributed by atoms with E-state index in [1.165, 1.54) is 11.1 Å². The first-order valence-corrected chi connectivity index (χ1v) is 10.4. The van der Waals surface area contributed by atoms with Crippen molar-refractivity contribution in [2.24, 2.45) is 0 Å². The lowest BCUT2D eigenvalue weighted by Crippen LogP contribution is -2.48. The van der Waals surface area contributed by atoms with Gasteiger partial charge in [0.2, 0.25) is 0 Å². The number of benzene rings is 2. The van der Waals surface area contributed by atoms with E-state index in [9.17, 15) is 4.79 Å². The average molecular weight is 405 g/mol. The van der Waals surface area contributed by atoms with Crippen molar-refractivity contribution in [1.29, 1.82) is 0 Å². The third-order valence-electron chi connectivity index (χ3n) is 5.75. The van der Waals surface area contributed by atoms with Crippen LogP contribution in [0.5, 0.6) is 0 Å². The molecule has 1 fully saturated rings. The number of amides is 1. The number of piperazine rings is 1. The molecule has 0 unspecified atom stereocenters. The summed E-state index contributed by atoms with van der Waals surface area (Å²) in [5, 5.41) is 7.42. The monoisotopic (exact) mass is 404 g/mol. The summed E-state index contributed by atoms with van der Waals surface area (Å²) in [5.74, 6) is 0.939. The first kappa shape index (κ1) is 20.2. The molecule has 2 aromatic carbocycles. The Balaban J connectivity index is 1.43. The van der Waals surface area contributed by atoms with Crippen LogP contribution in [0.2, 0.25) is 0 Å². The number of nitrogens with zero attached hydrogens (tertiary/aromatic N) is 3. The lowest BCUT2D eigenvalue weighted by atomic mass is 10.1. The van der Waals surface area contributed by atoms with E-state index in [0.29, 0.717) is 18.7 Å². The van der Waals surface area contributed by atoms with Gasteiger partial charge in [-0.05, 0) is 50.1 Å². The molecule has 1 N–H and O–H groups in total. The Morgan fingerprint density at radius 3 is 2.47 bits per heavy atom. The third-order valence-corrected chi connectivity index (χ3v) is 5.75. The SMILES string of the molecule is Cc1cc(CN2CCN(C(=O)c3ccccc3Nc3cccc(C)c3C)CC2)on1. The summed E-state index contributed by atoms with van der Waals surface area (Å²) in [4.78, 5) is 17.5. The predicted molar refractivity (Wildman–Crippen MR) is 118 cm³/mol. The van der Waals surface area contributed by atoms with Gasteiger partial charge in [0.25, 0.3) is 5.91 Å². The molecule has 0 aliphatic carbocycles. The fourth-order valence-electron chi connectivity index (χ4n) is 3.80. The van der Waals surface area contributed by atoms with Crippen LogP contribution < -0.4 is 5.32 Å². The van der Waals surface area contributed by atoms with Gasteiger partial charge in [0, 0.05) is 37.9 Å². The Morgan fingerprint density at radius 1 is 1.00 bits per heavy atom. The molecule has 3 aromatic rings. The van der Waals surface area contributed by atoms with Crippen molar-refractivity contribution in [3.8, 4) is 0 Å². The summed E-state index contributed by atoms with van der Waals surface area (Å²) >= 11 is 0. The minimum atomic E-state index is 0.0681. The molecule has 0 bridgehead atoms. The van der Waals surface area contributed by atoms with Crippen molar-refractivity contribution in [3.63, 3.8) is 0 Å². The summed E-state index contributed by atoms with van der Waals surface area (Å²) in [6, 6.07) is 15.9. The number of nitrogens with one attached hydrogen (secondary N) is 1. The van der Waals surface area contributed by atoms with Gasteiger partial charge in [-0.2, -0.15) is 0 Å². The van der Waals surface area contributed by atoms with Gasteiger partial charge < -0.3 is 14.7 Å². The number of aromatic nitrogens is 1. The van der Waals surface area contributed by atoms with Crippen LogP contribution in [0.25, 0.3) is 0 Å². The lowest BCUT2D eigenvalue weighted by Gasteiger charge is -2.34. The molecule has 6 heteroatoms. The van der Waals surface area contributed by atoms with Crippen molar-refractivity contribution < 1.29 is 9.32 Å². The van der Waals surface area contributed by atoms with E-state index in [2.05, 4.69) is 35.3 Å². The van der Waals surface area contributed by atoms with Gasteiger partial charge in [0.05, 0.1) is 23.5 Å². The number of anilines is 2. The zero-order valence-corrected chi connectivity index (χ0v) is 17.8. The van der Waals surface area contributed by atoms with Crippen LogP contribution in [-0.4, -0.2) is 47.0 Å². The van der Waals surface area contributed by atoms with Gasteiger partial charge in [-0.1, -0.05) is 29.4 Å². The van der Waals surface area contributed by atoms with Crippen LogP contribution in [0.3, 0.4) is 0 Å². The molecule has 0 atom stereocenters. The molecule has 0 radical (unpaired) electrons. The van der Waals surface area contributed by atoms with Crippen LogP contribution in [0.15, 0.2) is 53.1 Å². The summed E-state index contributed by atoms with van der Waals surface area (Å²) in [7, 11) is 0. The molecule has 30 heavy (non-hydrogen) atoms. The standard InChI is InChI=1S/C24H28N4O2/c1-17-7-6-10-22(19(17)3)25-23-9-5-4-8-21(23)24(29)28-13-11-27(12-14-28)16-20-15-18(2)26-30-20/h4-10,15,25H,11-14,16H2,1-3H3. The summed E-state index contributed by atoms with van der Waals surface area (Å²) < 4.78 is 5.32. The van der Waals surface area contributed by atoms with E-state index in [4.69, 9.17) is 4.52 Å². The van der Waals surface area contributed by atoms with Gasteiger partial charge in [-0.25, -0.2) is 0 Å². The fourth-order valence-corrected chi connectivity index (χ4v) is 3.80. The van der Waals surface area contributed by atoms with Crippen LogP contribution in [0.1, 0.15) is 32.9 Å². The number of hydrogen-bond donors (Lipinski definition) is 1. The van der Waals surface area contributed by atoms with Crippen LogP contribution in [0, 0.1) is 20.8 Å². The number of hydrogen-bond acceptors (Lipinski definition) is 5. The smallest absolute Gasteiger partial charge is 0.256 e. The van der Waals surface area contributed by atoms with Crippen LogP contribution >= 0.6 is 0 Å². The molecular formula is C24H28N4O2. The Kier molecular flexibility index (Phi) is 5.86. The topological polar surface area (TPSA) is 61.6 Å². The molecule has 2 heterocycles. The maximum absolute atomic E-state index is 13.3. The van der Waals surface area contributed by atoms with E-state index in [0.717, 1.165) is 42.5 Å². The van der Waals surface area contributed by atoms with E-state index < -0.39 is 0 Å². The number of carbonyl (C=O) groups is 1. The number of aryl methyl sites for hydroxylation is 2. The van der Waals surface area contributed by atoms with E-state index in [-0.39, 0.29) is 5.91 Å². The largest absolute Gasteiger partial charge is 0.360 e. The highest BCUT2D eigenvalue weighted by Gasteiger charge is 2.24. The molecule has 156 valence electrons. The normalized spacial score (nSPS) is 14.7. The summed E-state index contributed by atoms with van der Waals surface area (Å²) in [6.45, 7) is 9.87. The zero-order valence-electron chi connectivity index (χ0n) is 17.8. The molecule has 1 saturated heterocycles. The van der Waals surface area contributed by atoms with Gasteiger partial charge >= 0.3 is 0 Å². The quantitative estimate of drug-likeness (QED) is 0.687. The van der Waals surface area contributed by atoms with Crippen molar-refractivity contribution in [2.45, 2.75) is 27.3 Å². The first-order chi connectivity index (χ1) is 14.5. The van der Waals surface area contributed by atoms with E-state index in [1.54, 1.807) is 0 Å². The van der Waals surface area contributed by atoms with Gasteiger partial charge in [-0.3, -0.25) is 9.69 Å². The molecule has 1 aliphatic rings. The van der Waals surface area contributed by atoms with E-state index in [1.807, 2.05) is 54.3 Å². The van der Waals surface area contributed by atoms with Crippen LogP contribution in [0.4, 0.5) is 11.4 Å². The summed E-state index contributed by atoms with van der Waals surface area (Å²) in [6.07, 6.45) is 0. The highest BCUT2D eigenvalue weighted by Crippen LogP contribution is 2.26. The van der Waals surface area contributed by atoms with Crippen molar-refractivity contribution in [2.75, 3.05) is 31.5 Å². The Labute approximate surface area is 177 Å². The first-order valence-electron chi connectivity index (χ1n) is 10.4. The van der Waals surface area contributed by atoms with Gasteiger partial charge in [0.15, 0.2) is 5.76 Å². The van der Waals surface area contributed by atoms with Crippen molar-refractivity contribution in [3.05, 3.63) is 76.7 Å². The Hall–Kier alpha value is -3.12. The van der Waals surface area contributed by atoms with Gasteiger partial charge in [0.1, 0.15) is 0 Å². The van der Waals surface area contributed by atoms with Crippen molar-refractivity contribution >= 4 is 17.3 Å². The highest BCUT2D eigenvalue weighted by molar-refractivity contribution is 6.00. The molecule has 1 aliphatic heterocycles. The minimum absolute atomic E-state index is 0.0681. The predicted octanol–water partition coefficient (Wildman–Crippen LogP) is 4.30. The zero-order chi connectivity index (χ0) is 21.1. The molecule has 0 saturated carbocycles. The highest BCUT2D eigenvalue weighted by atomic mass is 16.5. The fraction of sp³-hybridized carbons (Fsp3) is 0.333. The Bertz CT molecular complexity index is 1040. The second-order valence-corrected chi connectivity index (χ2v) is 7.92. The molecule has 4 rings (SSSR count). The number of carbonyl (C=O) groups excluding carboxylic acids is 1. The van der Waals surface area contributed by atoms with Gasteiger partial charge in [-0.15, -0.1) is 0 Å². The average Bonchev–Trinajstić information content (AvgIpc) is 3.16. The van der Waals surface area contributed by atoms with Crippen LogP contribution in [-0.2, 0) is 6.54 Å². The van der Waals surface area contributed by atoms with Crippen molar-refractivity contribution in [1.82, 2.24) is 15.0 Å². The summed E-state index contributed by atoms with van der Waals surface area (Å²) in [5.41, 5.74) is 5.89. The maximum Gasteiger partial charge on any atom is 0.256 e. The van der Waals surface area contributed by atoms with E-state index >= 15 is 0 Å². The lowest BCUT2D eigenvalue weighted by molar-refractivity contribution is 0.0618. The second kappa shape index (κ2) is 8.71. The maximum atomic E-state index is 13.3. The molecule has 0 spiro atoms. The molecule has 1 amide bonds. The second-order valence-electron chi connectivity index (χ2n) is 7.92. The molecule has 1 aromatic heterocycles. The third kappa shape index (κ3) is 4.39. The minimum Gasteiger partial charge on any atom is -0.360 e. The number of rotatable bonds is 5. The molecular weight excluding hydrogens is 376 g/mol. The number of para-hydroxylation sites is 1.